The molecule has 1 nitrogen and oxygen atoms in total. The number of pyridine rings is 1. The summed E-state index contributed by atoms with van der Waals surface area (Å²) in [7, 11) is 0. The maximum atomic E-state index is 4.79. The monoisotopic (exact) mass is 497 g/mol. The predicted molar refractivity (Wildman–Crippen MR) is 159 cm³/mol. The molecular weight excluding hydrogens is 442 g/mol. The summed E-state index contributed by atoms with van der Waals surface area (Å²) in [5.41, 5.74) is 2.55. The first-order valence-corrected chi connectivity index (χ1v) is 16.2. The number of aromatic nitrogens is 1. The number of rotatable bonds is 23. The summed E-state index contributed by atoms with van der Waals surface area (Å²) in [5, 5.41) is 0. The third-order valence-electron chi connectivity index (χ3n) is 7.33. The third-order valence-corrected chi connectivity index (χ3v) is 8.50. The summed E-state index contributed by atoms with van der Waals surface area (Å²) in [5.74, 6) is 0. The Morgan fingerprint density at radius 3 is 1.49 bits per heavy atom. The Morgan fingerprint density at radius 1 is 0.514 bits per heavy atom. The van der Waals surface area contributed by atoms with Gasteiger partial charge in [0.15, 0.2) is 0 Å². The average Bonchev–Trinajstić information content (AvgIpc) is 3.35. The van der Waals surface area contributed by atoms with Crippen molar-refractivity contribution in [1.82, 2.24) is 4.98 Å². The zero-order valence-corrected chi connectivity index (χ0v) is 24.1. The minimum absolute atomic E-state index is 1.15. The molecule has 0 bridgehead atoms. The van der Waals surface area contributed by atoms with Gasteiger partial charge in [0, 0.05) is 11.1 Å². The fourth-order valence-electron chi connectivity index (χ4n) is 4.97. The molecule has 0 unspecified atom stereocenters. The van der Waals surface area contributed by atoms with Gasteiger partial charge in [0.05, 0.1) is 10.6 Å². The van der Waals surface area contributed by atoms with Gasteiger partial charge in [-0.25, -0.2) is 0 Å². The van der Waals surface area contributed by atoms with E-state index < -0.39 is 0 Å². The largest absolute Gasteiger partial charge is 0.255 e. The standard InChI is InChI=1S/C33H55NS/c1-3-5-7-9-11-13-15-17-19-21-23-30-25-27-32(34-29-30)33-28-26-31(35-33)24-22-20-18-16-14-12-10-8-6-4-2/h25-29H,3-24H2,1-2H3. The van der Waals surface area contributed by atoms with Crippen LogP contribution in [0.2, 0.25) is 0 Å². The molecular formula is C33H55NS. The number of unbranched alkanes of at least 4 members (excludes halogenated alkanes) is 18. The molecule has 0 fully saturated rings. The van der Waals surface area contributed by atoms with Crippen LogP contribution in [-0.4, -0.2) is 4.98 Å². The molecule has 2 heterocycles. The van der Waals surface area contributed by atoms with Crippen LogP contribution < -0.4 is 0 Å². The molecule has 0 N–H and O–H groups in total. The van der Waals surface area contributed by atoms with Gasteiger partial charge in [-0.1, -0.05) is 135 Å². The van der Waals surface area contributed by atoms with E-state index in [1.807, 2.05) is 11.3 Å². The van der Waals surface area contributed by atoms with E-state index in [0.717, 1.165) is 5.69 Å². The molecule has 0 aliphatic carbocycles. The Hall–Kier alpha value is -1.15. The second kappa shape index (κ2) is 21.0. The summed E-state index contributed by atoms with van der Waals surface area (Å²) < 4.78 is 0. The first kappa shape index (κ1) is 30.1. The van der Waals surface area contributed by atoms with E-state index in [1.54, 1.807) is 0 Å². The van der Waals surface area contributed by atoms with Crippen molar-refractivity contribution >= 4 is 11.3 Å². The lowest BCUT2D eigenvalue weighted by atomic mass is 10.0. The van der Waals surface area contributed by atoms with Crippen molar-refractivity contribution in [3.05, 3.63) is 40.9 Å². The fraction of sp³-hybridized carbons (Fsp3) is 0.727. The number of thiophene rings is 1. The van der Waals surface area contributed by atoms with Gasteiger partial charge in [0.2, 0.25) is 0 Å². The number of hydrogen-bond acceptors (Lipinski definition) is 2. The van der Waals surface area contributed by atoms with E-state index in [-0.39, 0.29) is 0 Å². The minimum Gasteiger partial charge on any atom is -0.255 e. The van der Waals surface area contributed by atoms with Crippen LogP contribution in [0.5, 0.6) is 0 Å². The molecule has 198 valence electrons. The molecule has 0 aliphatic rings. The van der Waals surface area contributed by atoms with Crippen molar-refractivity contribution in [3.8, 4) is 10.6 Å². The van der Waals surface area contributed by atoms with Crippen molar-refractivity contribution in [2.45, 2.75) is 155 Å². The SMILES string of the molecule is CCCCCCCCCCCCc1ccc(-c2ccc(CCCCCCCCCCCC)s2)nc1. The average molecular weight is 498 g/mol. The van der Waals surface area contributed by atoms with E-state index in [0.29, 0.717) is 0 Å². The lowest BCUT2D eigenvalue weighted by molar-refractivity contribution is 0.556. The van der Waals surface area contributed by atoms with Gasteiger partial charge >= 0.3 is 0 Å². The van der Waals surface area contributed by atoms with Gasteiger partial charge in [-0.2, -0.15) is 0 Å². The van der Waals surface area contributed by atoms with Crippen LogP contribution in [0, 0.1) is 0 Å². The van der Waals surface area contributed by atoms with E-state index in [2.05, 4.69) is 44.3 Å². The second-order valence-corrected chi connectivity index (χ2v) is 11.8. The molecule has 0 saturated carbocycles. The van der Waals surface area contributed by atoms with Crippen LogP contribution in [0.1, 0.15) is 153 Å². The molecule has 2 aromatic rings. The first-order chi connectivity index (χ1) is 17.3. The quantitative estimate of drug-likeness (QED) is 0.139. The molecule has 0 amide bonds. The fourth-order valence-corrected chi connectivity index (χ4v) is 6.00. The van der Waals surface area contributed by atoms with Crippen LogP contribution in [0.4, 0.5) is 0 Å². The van der Waals surface area contributed by atoms with Gasteiger partial charge in [0.1, 0.15) is 0 Å². The highest BCUT2D eigenvalue weighted by atomic mass is 32.1. The summed E-state index contributed by atoms with van der Waals surface area (Å²) >= 11 is 1.94. The van der Waals surface area contributed by atoms with Crippen LogP contribution in [-0.2, 0) is 12.8 Å². The molecule has 35 heavy (non-hydrogen) atoms. The molecule has 2 heteroatoms. The molecule has 2 aromatic heterocycles. The Bertz CT molecular complexity index is 717. The second-order valence-electron chi connectivity index (χ2n) is 10.7. The predicted octanol–water partition coefficient (Wildman–Crippen LogP) is 11.7. The highest BCUT2D eigenvalue weighted by molar-refractivity contribution is 7.15. The van der Waals surface area contributed by atoms with Crippen LogP contribution >= 0.6 is 11.3 Å². The van der Waals surface area contributed by atoms with E-state index in [4.69, 9.17) is 4.98 Å². The van der Waals surface area contributed by atoms with Crippen molar-refractivity contribution in [2.75, 3.05) is 0 Å². The Labute approximate surface area is 222 Å². The van der Waals surface area contributed by atoms with Gasteiger partial charge in [0.25, 0.3) is 0 Å². The zero-order valence-electron chi connectivity index (χ0n) is 23.3. The highest BCUT2D eigenvalue weighted by Crippen LogP contribution is 2.28. The maximum absolute atomic E-state index is 4.79. The smallest absolute Gasteiger partial charge is 0.0801 e. The van der Waals surface area contributed by atoms with E-state index >= 15 is 0 Å². The molecule has 0 aromatic carbocycles. The van der Waals surface area contributed by atoms with Gasteiger partial charge in [-0.05, 0) is 49.4 Å². The molecule has 0 spiro atoms. The maximum Gasteiger partial charge on any atom is 0.0801 e. The van der Waals surface area contributed by atoms with Crippen LogP contribution in [0.15, 0.2) is 30.5 Å². The van der Waals surface area contributed by atoms with Gasteiger partial charge in [-0.3, -0.25) is 4.98 Å². The minimum atomic E-state index is 1.15. The van der Waals surface area contributed by atoms with Gasteiger partial charge < -0.3 is 0 Å². The Kier molecular flexibility index (Phi) is 18.0. The highest BCUT2D eigenvalue weighted by Gasteiger charge is 2.05. The van der Waals surface area contributed by atoms with Crippen LogP contribution in [0.3, 0.4) is 0 Å². The molecule has 0 aliphatic heterocycles. The van der Waals surface area contributed by atoms with Crippen molar-refractivity contribution < 1.29 is 0 Å². The zero-order chi connectivity index (χ0) is 24.8. The summed E-state index contributed by atoms with van der Waals surface area (Å²) in [6, 6.07) is 9.15. The van der Waals surface area contributed by atoms with Crippen molar-refractivity contribution in [3.63, 3.8) is 0 Å². The number of nitrogens with zero attached hydrogens (tertiary/aromatic N) is 1. The van der Waals surface area contributed by atoms with Crippen LogP contribution in [0.25, 0.3) is 10.6 Å². The molecule has 0 atom stereocenters. The number of aryl methyl sites for hydroxylation is 2. The molecule has 0 radical (unpaired) electrons. The summed E-state index contributed by atoms with van der Waals surface area (Å²) in [6.45, 7) is 4.59. The summed E-state index contributed by atoms with van der Waals surface area (Å²) in [6.07, 6.45) is 32.6. The number of hydrogen-bond donors (Lipinski definition) is 0. The lowest BCUT2D eigenvalue weighted by Crippen LogP contribution is -1.89. The normalized spacial score (nSPS) is 11.4. The van der Waals surface area contributed by atoms with Crippen molar-refractivity contribution in [1.29, 1.82) is 0 Å². The van der Waals surface area contributed by atoms with Crippen molar-refractivity contribution in [2.24, 2.45) is 0 Å². The van der Waals surface area contributed by atoms with E-state index in [9.17, 15) is 0 Å². The first-order valence-electron chi connectivity index (χ1n) is 15.4. The Morgan fingerprint density at radius 2 is 1.00 bits per heavy atom. The Balaban J connectivity index is 1.52. The van der Waals surface area contributed by atoms with Gasteiger partial charge in [-0.15, -0.1) is 11.3 Å². The third kappa shape index (κ3) is 14.9. The summed E-state index contributed by atoms with van der Waals surface area (Å²) in [4.78, 5) is 7.65. The lowest BCUT2D eigenvalue weighted by Gasteiger charge is -2.04. The molecule has 0 saturated heterocycles. The van der Waals surface area contributed by atoms with E-state index in [1.165, 1.54) is 157 Å². The molecule has 2 rings (SSSR count). The topological polar surface area (TPSA) is 12.9 Å².